The van der Waals surface area contributed by atoms with Gasteiger partial charge in [-0.05, 0) is 27.7 Å². The largest absolute Gasteiger partial charge is 0.480 e. The average molecular weight is 476 g/mol. The van der Waals surface area contributed by atoms with Crippen LogP contribution in [0.2, 0.25) is 0 Å². The number of carboxylic acid groups (broad SMARTS) is 4. The molecule has 0 aromatic carbocycles. The fourth-order valence-corrected chi connectivity index (χ4v) is 0.825. The van der Waals surface area contributed by atoms with E-state index in [1.165, 1.54) is 27.7 Å². The van der Waals surface area contributed by atoms with Crippen LogP contribution in [0, 0.1) is 0 Å². The fourth-order valence-electron chi connectivity index (χ4n) is 0.825. The van der Waals surface area contributed by atoms with E-state index >= 15 is 0 Å². The van der Waals surface area contributed by atoms with Crippen LogP contribution in [0.3, 0.4) is 0 Å². The van der Waals surface area contributed by atoms with Gasteiger partial charge in [0, 0.05) is 0 Å². The molecule has 0 bridgehead atoms. The van der Waals surface area contributed by atoms with E-state index in [0.717, 1.165) is 0 Å². The Balaban J connectivity index is -0.000000163. The summed E-state index contributed by atoms with van der Waals surface area (Å²) in [5.41, 5.74) is 19.6. The summed E-state index contributed by atoms with van der Waals surface area (Å²) in [5.74, 6) is -4.72. The molecule has 0 aliphatic rings. The maximum Gasteiger partial charge on any atom is 0.323 e. The van der Waals surface area contributed by atoms with E-state index in [9.17, 15) is 19.2 Å². The third-order valence-electron chi connectivity index (χ3n) is 3.22. The molecule has 0 aromatic heterocycles. The highest BCUT2D eigenvalue weighted by molar-refractivity contribution is 5.74. The SMILES string of the molecule is CC(O)[C@H](N)C(=O)O.CC(O)[C@H](N)C(=O)O.CC(O)[C@H](N)C(=O)O.CC(O)[C@H](N)C(=O)O. The number of rotatable bonds is 8. The summed E-state index contributed by atoms with van der Waals surface area (Å²) in [6, 6.07) is -4.63. The van der Waals surface area contributed by atoms with Crippen molar-refractivity contribution in [2.45, 2.75) is 76.3 Å². The van der Waals surface area contributed by atoms with Crippen LogP contribution in [-0.2, 0) is 19.2 Å². The van der Waals surface area contributed by atoms with Gasteiger partial charge < -0.3 is 63.8 Å². The molecule has 0 aliphatic heterocycles. The predicted octanol–water partition coefficient (Wildman–Crippen LogP) is -4.88. The van der Waals surface area contributed by atoms with Gasteiger partial charge in [0.05, 0.1) is 24.4 Å². The van der Waals surface area contributed by atoms with Crippen molar-refractivity contribution >= 4 is 23.9 Å². The molecule has 16 N–H and O–H groups in total. The topological polar surface area (TPSA) is 334 Å². The Morgan fingerprint density at radius 1 is 0.438 bits per heavy atom. The second-order valence-electron chi connectivity index (χ2n) is 6.42. The van der Waals surface area contributed by atoms with Gasteiger partial charge in [0.1, 0.15) is 24.2 Å². The van der Waals surface area contributed by atoms with Crippen LogP contribution in [0.5, 0.6) is 0 Å². The van der Waals surface area contributed by atoms with Crippen LogP contribution in [0.25, 0.3) is 0 Å². The summed E-state index contributed by atoms with van der Waals surface area (Å²) < 4.78 is 0. The fraction of sp³-hybridized carbons (Fsp3) is 0.750. The summed E-state index contributed by atoms with van der Waals surface area (Å²) in [7, 11) is 0. The zero-order valence-corrected chi connectivity index (χ0v) is 18.1. The van der Waals surface area contributed by atoms with Gasteiger partial charge >= 0.3 is 23.9 Å². The first kappa shape index (κ1) is 36.9. The van der Waals surface area contributed by atoms with Crippen LogP contribution in [0.4, 0.5) is 0 Å². The second kappa shape index (κ2) is 19.3. The zero-order valence-electron chi connectivity index (χ0n) is 18.1. The van der Waals surface area contributed by atoms with Crippen LogP contribution in [-0.4, -0.2) is 113 Å². The van der Waals surface area contributed by atoms with Gasteiger partial charge in [-0.1, -0.05) is 0 Å². The number of hydrogen-bond acceptors (Lipinski definition) is 12. The lowest BCUT2D eigenvalue weighted by molar-refractivity contribution is -0.141. The van der Waals surface area contributed by atoms with E-state index in [-0.39, 0.29) is 0 Å². The van der Waals surface area contributed by atoms with Crippen LogP contribution < -0.4 is 22.9 Å². The highest BCUT2D eigenvalue weighted by Gasteiger charge is 2.18. The highest BCUT2D eigenvalue weighted by atomic mass is 16.4. The van der Waals surface area contributed by atoms with Crippen molar-refractivity contribution in [3.8, 4) is 0 Å². The summed E-state index contributed by atoms with van der Waals surface area (Å²) in [6.07, 6.45) is -3.92. The molecular formula is C16H36N4O12. The van der Waals surface area contributed by atoms with Gasteiger partial charge in [-0.15, -0.1) is 0 Å². The van der Waals surface area contributed by atoms with E-state index in [1.54, 1.807) is 0 Å². The van der Waals surface area contributed by atoms with E-state index in [2.05, 4.69) is 0 Å². The average Bonchev–Trinajstić information content (AvgIpc) is 2.65. The lowest BCUT2D eigenvalue weighted by atomic mass is 10.2. The van der Waals surface area contributed by atoms with Crippen molar-refractivity contribution < 1.29 is 60.0 Å². The summed E-state index contributed by atoms with van der Waals surface area (Å²) in [5, 5.41) is 66.2. The number of carbonyl (C=O) groups is 4. The minimum atomic E-state index is -1.18. The van der Waals surface area contributed by atoms with Crippen molar-refractivity contribution in [1.82, 2.24) is 0 Å². The molecule has 0 radical (unpaired) electrons. The lowest BCUT2D eigenvalue weighted by Crippen LogP contribution is -2.39. The number of aliphatic hydroxyl groups is 4. The van der Waals surface area contributed by atoms with Crippen molar-refractivity contribution in [2.24, 2.45) is 22.9 Å². The Labute approximate surface area is 184 Å². The zero-order chi connectivity index (χ0) is 26.9. The second-order valence-corrected chi connectivity index (χ2v) is 6.42. The first-order valence-electron chi connectivity index (χ1n) is 8.87. The Kier molecular flexibility index (Phi) is 22.2. The van der Waals surface area contributed by atoms with E-state index in [0.29, 0.717) is 0 Å². The normalized spacial score (nSPS) is 17.4. The third kappa shape index (κ3) is 22.2. The van der Waals surface area contributed by atoms with Gasteiger partial charge in [0.2, 0.25) is 0 Å². The number of nitrogens with two attached hydrogens (primary N) is 4. The maximum atomic E-state index is 9.86. The van der Waals surface area contributed by atoms with Crippen LogP contribution in [0.15, 0.2) is 0 Å². The van der Waals surface area contributed by atoms with Gasteiger partial charge in [-0.3, -0.25) is 19.2 Å². The number of aliphatic hydroxyl groups excluding tert-OH is 4. The number of aliphatic carboxylic acids is 4. The van der Waals surface area contributed by atoms with Crippen molar-refractivity contribution in [1.29, 1.82) is 0 Å². The molecule has 0 aromatic rings. The Morgan fingerprint density at radius 3 is 0.531 bits per heavy atom. The molecule has 32 heavy (non-hydrogen) atoms. The standard InChI is InChI=1S/4C4H9NO3/c4*1-2(6)3(5)4(7)8/h4*2-3,6H,5H2,1H3,(H,7,8)/t4*2?,3-/m0000/s1. The van der Waals surface area contributed by atoms with Gasteiger partial charge in [-0.25, -0.2) is 0 Å². The van der Waals surface area contributed by atoms with Gasteiger partial charge in [0.15, 0.2) is 0 Å². The Hall–Kier alpha value is -2.44. The van der Waals surface area contributed by atoms with E-state index in [1.807, 2.05) is 0 Å². The molecule has 4 unspecified atom stereocenters. The lowest BCUT2D eigenvalue weighted by Gasteiger charge is -2.07. The summed E-state index contributed by atoms with van der Waals surface area (Å²) >= 11 is 0. The minimum Gasteiger partial charge on any atom is -0.480 e. The quantitative estimate of drug-likeness (QED) is 0.156. The van der Waals surface area contributed by atoms with Crippen molar-refractivity contribution in [2.75, 3.05) is 0 Å². The molecule has 0 spiro atoms. The smallest absolute Gasteiger partial charge is 0.323 e. The van der Waals surface area contributed by atoms with Crippen molar-refractivity contribution in [3.05, 3.63) is 0 Å². The molecule has 0 rings (SSSR count). The molecule has 0 heterocycles. The van der Waals surface area contributed by atoms with Gasteiger partial charge in [-0.2, -0.15) is 0 Å². The Bertz CT molecular complexity index is 461. The molecule has 16 heteroatoms. The van der Waals surface area contributed by atoms with E-state index < -0.39 is 72.5 Å². The molecule has 0 fully saturated rings. The number of hydrogen-bond donors (Lipinski definition) is 12. The molecule has 16 nitrogen and oxygen atoms in total. The maximum absolute atomic E-state index is 9.86. The molecule has 0 saturated carbocycles. The Morgan fingerprint density at radius 2 is 0.531 bits per heavy atom. The summed E-state index contributed by atoms with van der Waals surface area (Å²) in [4.78, 5) is 39.4. The molecule has 0 amide bonds. The monoisotopic (exact) mass is 476 g/mol. The number of carboxylic acids is 4. The van der Waals surface area contributed by atoms with Crippen molar-refractivity contribution in [3.63, 3.8) is 0 Å². The molecular weight excluding hydrogens is 440 g/mol. The first-order valence-corrected chi connectivity index (χ1v) is 8.87. The minimum absolute atomic E-state index is 0.979. The molecule has 8 atom stereocenters. The molecule has 0 saturated heterocycles. The predicted molar refractivity (Wildman–Crippen MR) is 109 cm³/mol. The van der Waals surface area contributed by atoms with Gasteiger partial charge in [0.25, 0.3) is 0 Å². The molecule has 192 valence electrons. The van der Waals surface area contributed by atoms with E-state index in [4.69, 9.17) is 63.8 Å². The summed E-state index contributed by atoms with van der Waals surface area (Å²) in [6.45, 7) is 5.33. The first-order chi connectivity index (χ1) is 14.2. The van der Waals surface area contributed by atoms with Crippen LogP contribution >= 0.6 is 0 Å². The van der Waals surface area contributed by atoms with Crippen LogP contribution in [0.1, 0.15) is 27.7 Å². The highest BCUT2D eigenvalue weighted by Crippen LogP contribution is 1.87. The third-order valence-corrected chi connectivity index (χ3v) is 3.22. The molecule has 0 aliphatic carbocycles.